The Balaban J connectivity index is 1.67. The van der Waals surface area contributed by atoms with Crippen LogP contribution in [0.25, 0.3) is 0 Å². The van der Waals surface area contributed by atoms with Crippen LogP contribution < -0.4 is 10.2 Å². The van der Waals surface area contributed by atoms with E-state index in [4.69, 9.17) is 4.74 Å². The summed E-state index contributed by atoms with van der Waals surface area (Å²) in [6.45, 7) is 6.49. The number of aromatic nitrogens is 2. The second-order valence-electron chi connectivity index (χ2n) is 5.48. The molecule has 0 bridgehead atoms. The second-order valence-corrected chi connectivity index (χ2v) is 5.48. The van der Waals surface area contributed by atoms with Gasteiger partial charge in [0.15, 0.2) is 0 Å². The predicted octanol–water partition coefficient (Wildman–Crippen LogP) is 1.84. The van der Waals surface area contributed by atoms with Gasteiger partial charge in [0, 0.05) is 26.7 Å². The minimum absolute atomic E-state index is 0.758. The highest BCUT2D eigenvalue weighted by molar-refractivity contribution is 5.34. The van der Waals surface area contributed by atoms with Gasteiger partial charge in [-0.25, -0.2) is 4.98 Å². The number of anilines is 1. The van der Waals surface area contributed by atoms with Crippen LogP contribution in [-0.4, -0.2) is 43.3 Å². The number of nitrogens with zero attached hydrogens (tertiary/aromatic N) is 3. The first-order chi connectivity index (χ1) is 9.79. The van der Waals surface area contributed by atoms with E-state index in [-0.39, 0.29) is 0 Å². The molecule has 1 aromatic heterocycles. The third-order valence-electron chi connectivity index (χ3n) is 3.44. The molecule has 5 nitrogen and oxygen atoms in total. The first-order valence-electron chi connectivity index (χ1n) is 7.60. The van der Waals surface area contributed by atoms with Gasteiger partial charge in [-0.2, -0.15) is 0 Å². The molecular weight excluding hydrogens is 252 g/mol. The number of ether oxygens (including phenoxy) is 1. The van der Waals surface area contributed by atoms with Crippen LogP contribution in [0.4, 0.5) is 5.82 Å². The summed E-state index contributed by atoms with van der Waals surface area (Å²) < 4.78 is 5.64. The molecule has 1 saturated carbocycles. The van der Waals surface area contributed by atoms with E-state index in [1.807, 2.05) is 19.4 Å². The van der Waals surface area contributed by atoms with Gasteiger partial charge in [0.1, 0.15) is 5.82 Å². The van der Waals surface area contributed by atoms with E-state index in [0.29, 0.717) is 0 Å². The van der Waals surface area contributed by atoms with Crippen LogP contribution in [0.3, 0.4) is 0 Å². The molecule has 5 heteroatoms. The Kier molecular flexibility index (Phi) is 6.21. The minimum Gasteiger partial charge on any atom is -0.379 e. The van der Waals surface area contributed by atoms with Gasteiger partial charge in [-0.05, 0) is 31.7 Å². The Morgan fingerprint density at radius 2 is 2.20 bits per heavy atom. The summed E-state index contributed by atoms with van der Waals surface area (Å²) in [6.07, 6.45) is 7.50. The lowest BCUT2D eigenvalue weighted by Gasteiger charge is -2.17. The molecule has 1 heterocycles. The molecule has 112 valence electrons. The van der Waals surface area contributed by atoms with Crippen LogP contribution in [0.5, 0.6) is 0 Å². The van der Waals surface area contributed by atoms with Crippen molar-refractivity contribution in [2.45, 2.75) is 32.7 Å². The third-order valence-corrected chi connectivity index (χ3v) is 3.44. The van der Waals surface area contributed by atoms with Gasteiger partial charge >= 0.3 is 0 Å². The van der Waals surface area contributed by atoms with Crippen LogP contribution >= 0.6 is 0 Å². The molecule has 20 heavy (non-hydrogen) atoms. The molecule has 0 atom stereocenters. The molecule has 1 N–H and O–H groups in total. The summed E-state index contributed by atoms with van der Waals surface area (Å²) in [5.74, 6) is 1.73. The fourth-order valence-electron chi connectivity index (χ4n) is 1.88. The minimum atomic E-state index is 0.758. The zero-order chi connectivity index (χ0) is 14.2. The van der Waals surface area contributed by atoms with Crippen molar-refractivity contribution in [1.82, 2.24) is 15.3 Å². The molecule has 1 fully saturated rings. The first kappa shape index (κ1) is 15.2. The summed E-state index contributed by atoms with van der Waals surface area (Å²) in [7, 11) is 2.03. The lowest BCUT2D eigenvalue weighted by molar-refractivity contribution is 0.131. The van der Waals surface area contributed by atoms with Crippen molar-refractivity contribution < 1.29 is 4.74 Å². The maximum Gasteiger partial charge on any atom is 0.146 e. The third kappa shape index (κ3) is 5.43. The van der Waals surface area contributed by atoms with Crippen LogP contribution in [-0.2, 0) is 11.3 Å². The zero-order valence-corrected chi connectivity index (χ0v) is 12.6. The van der Waals surface area contributed by atoms with Gasteiger partial charge in [0.05, 0.1) is 24.7 Å². The SMILES string of the molecule is CCCNCc1cnc(N(C)CCOCC2CC2)cn1. The van der Waals surface area contributed by atoms with Gasteiger partial charge in [0.2, 0.25) is 0 Å². The number of hydrogen-bond acceptors (Lipinski definition) is 5. The van der Waals surface area contributed by atoms with Crippen LogP contribution in [0.15, 0.2) is 12.4 Å². The number of hydrogen-bond donors (Lipinski definition) is 1. The molecule has 1 aliphatic rings. The standard InChI is InChI=1S/C15H26N4O/c1-3-6-16-9-14-10-18-15(11-17-14)19(2)7-8-20-12-13-4-5-13/h10-11,13,16H,3-9,12H2,1-2H3. The largest absolute Gasteiger partial charge is 0.379 e. The van der Waals surface area contributed by atoms with Crippen LogP contribution in [0.2, 0.25) is 0 Å². The zero-order valence-electron chi connectivity index (χ0n) is 12.6. The summed E-state index contributed by atoms with van der Waals surface area (Å²) in [5, 5.41) is 3.32. The summed E-state index contributed by atoms with van der Waals surface area (Å²) in [4.78, 5) is 11.0. The maximum atomic E-state index is 5.64. The first-order valence-corrected chi connectivity index (χ1v) is 7.60. The van der Waals surface area contributed by atoms with Gasteiger partial charge in [-0.15, -0.1) is 0 Å². The van der Waals surface area contributed by atoms with Crippen molar-refractivity contribution in [2.24, 2.45) is 5.92 Å². The van der Waals surface area contributed by atoms with Gasteiger partial charge < -0.3 is 15.0 Å². The lowest BCUT2D eigenvalue weighted by Crippen LogP contribution is -2.24. The highest BCUT2D eigenvalue weighted by Crippen LogP contribution is 2.28. The average Bonchev–Trinajstić information content (AvgIpc) is 3.28. The Hall–Kier alpha value is -1.20. The van der Waals surface area contributed by atoms with E-state index in [1.54, 1.807) is 0 Å². The molecule has 0 amide bonds. The molecule has 2 rings (SSSR count). The summed E-state index contributed by atoms with van der Waals surface area (Å²) in [6, 6.07) is 0. The smallest absolute Gasteiger partial charge is 0.146 e. The predicted molar refractivity (Wildman–Crippen MR) is 80.8 cm³/mol. The van der Waals surface area contributed by atoms with Crippen molar-refractivity contribution in [2.75, 3.05) is 38.3 Å². The fourth-order valence-corrected chi connectivity index (χ4v) is 1.88. The van der Waals surface area contributed by atoms with Gasteiger partial charge in [0.25, 0.3) is 0 Å². The molecule has 0 unspecified atom stereocenters. The fraction of sp³-hybridized carbons (Fsp3) is 0.733. The van der Waals surface area contributed by atoms with E-state index in [9.17, 15) is 0 Å². The van der Waals surface area contributed by atoms with Crippen molar-refractivity contribution in [3.63, 3.8) is 0 Å². The van der Waals surface area contributed by atoms with E-state index >= 15 is 0 Å². The quantitative estimate of drug-likeness (QED) is 0.662. The molecule has 1 aliphatic carbocycles. The van der Waals surface area contributed by atoms with E-state index < -0.39 is 0 Å². The Morgan fingerprint density at radius 3 is 2.85 bits per heavy atom. The number of rotatable bonds is 10. The molecule has 0 spiro atoms. The lowest BCUT2D eigenvalue weighted by atomic mass is 10.4. The highest BCUT2D eigenvalue weighted by Gasteiger charge is 2.20. The van der Waals surface area contributed by atoms with Gasteiger partial charge in [-0.1, -0.05) is 6.92 Å². The van der Waals surface area contributed by atoms with Crippen LogP contribution in [0.1, 0.15) is 31.9 Å². The highest BCUT2D eigenvalue weighted by atomic mass is 16.5. The number of likely N-dealkylation sites (N-methyl/N-ethyl adjacent to an activating group) is 1. The normalized spacial score (nSPS) is 14.5. The monoisotopic (exact) mass is 278 g/mol. The van der Waals surface area contributed by atoms with Crippen molar-refractivity contribution in [3.05, 3.63) is 18.1 Å². The Labute approximate surface area is 121 Å². The maximum absolute atomic E-state index is 5.64. The number of nitrogens with one attached hydrogen (secondary N) is 1. The Bertz CT molecular complexity index is 378. The van der Waals surface area contributed by atoms with Crippen LogP contribution in [0, 0.1) is 5.92 Å². The molecule has 0 radical (unpaired) electrons. The molecule has 0 saturated heterocycles. The van der Waals surface area contributed by atoms with Crippen molar-refractivity contribution in [3.8, 4) is 0 Å². The molecule has 1 aromatic rings. The van der Waals surface area contributed by atoms with Gasteiger partial charge in [-0.3, -0.25) is 4.98 Å². The van der Waals surface area contributed by atoms with E-state index in [2.05, 4.69) is 27.1 Å². The van der Waals surface area contributed by atoms with Crippen molar-refractivity contribution in [1.29, 1.82) is 0 Å². The topological polar surface area (TPSA) is 50.3 Å². The second kappa shape index (κ2) is 8.17. The Morgan fingerprint density at radius 1 is 1.35 bits per heavy atom. The van der Waals surface area contributed by atoms with E-state index in [0.717, 1.165) is 56.7 Å². The summed E-state index contributed by atoms with van der Waals surface area (Å²) >= 11 is 0. The molecular formula is C15H26N4O. The molecule has 0 aromatic carbocycles. The van der Waals surface area contributed by atoms with E-state index in [1.165, 1.54) is 12.8 Å². The summed E-state index contributed by atoms with van der Waals surface area (Å²) in [5.41, 5.74) is 0.987. The van der Waals surface area contributed by atoms with Crippen molar-refractivity contribution >= 4 is 5.82 Å². The average molecular weight is 278 g/mol. The molecule has 0 aliphatic heterocycles.